The van der Waals surface area contributed by atoms with Gasteiger partial charge in [0, 0.05) is 30.5 Å². The molecule has 4 rings (SSSR count). The van der Waals surface area contributed by atoms with Gasteiger partial charge in [0.15, 0.2) is 0 Å². The highest BCUT2D eigenvalue weighted by atomic mass is 19.1. The number of piperidine rings is 1. The molecule has 4 nitrogen and oxygen atoms in total. The molecule has 32 heavy (non-hydrogen) atoms. The molecular weight excluding hydrogens is 401 g/mol. The van der Waals surface area contributed by atoms with Crippen LogP contribution in [-0.2, 0) is 0 Å². The van der Waals surface area contributed by atoms with Crippen molar-refractivity contribution < 1.29 is 9.18 Å². The summed E-state index contributed by atoms with van der Waals surface area (Å²) >= 11 is 0. The first-order valence-electron chi connectivity index (χ1n) is 11.6. The number of nitrogens with one attached hydrogen (secondary N) is 1. The van der Waals surface area contributed by atoms with E-state index in [4.69, 9.17) is 0 Å². The van der Waals surface area contributed by atoms with Gasteiger partial charge in [-0.25, -0.2) is 4.39 Å². The van der Waals surface area contributed by atoms with Gasteiger partial charge in [0.1, 0.15) is 5.82 Å². The van der Waals surface area contributed by atoms with Crippen LogP contribution in [0.25, 0.3) is 16.9 Å². The molecule has 1 aliphatic heterocycles. The molecule has 0 spiro atoms. The summed E-state index contributed by atoms with van der Waals surface area (Å²) in [5.41, 5.74) is 4.26. The summed E-state index contributed by atoms with van der Waals surface area (Å²) in [7, 11) is 0. The highest BCUT2D eigenvalue weighted by Gasteiger charge is 2.20. The number of rotatable bonds is 7. The first-order valence-corrected chi connectivity index (χ1v) is 11.6. The van der Waals surface area contributed by atoms with Crippen molar-refractivity contribution in [3.05, 3.63) is 77.7 Å². The van der Waals surface area contributed by atoms with E-state index < -0.39 is 0 Å². The van der Waals surface area contributed by atoms with Crippen molar-refractivity contribution in [2.24, 2.45) is 0 Å². The molecule has 1 unspecified atom stereocenters. The second-order valence-electron chi connectivity index (χ2n) is 8.70. The standard InChI is InChI=1S/C27H32FN3O/c1-20-9-6-7-17-30(20)18-8-16-29-27(32)25-19-26(22-10-4-3-5-11-22)31(21(25)2)24-14-12-23(28)13-15-24/h3-5,10-15,19-20H,6-9,16-18H2,1-2H3,(H,29,32). The maximum atomic E-state index is 13.5. The van der Waals surface area contributed by atoms with E-state index in [1.54, 1.807) is 12.1 Å². The Kier molecular flexibility index (Phi) is 7.05. The number of aromatic nitrogens is 1. The number of halogens is 1. The van der Waals surface area contributed by atoms with E-state index in [1.165, 1.54) is 31.4 Å². The Morgan fingerprint density at radius 1 is 1.09 bits per heavy atom. The van der Waals surface area contributed by atoms with Crippen LogP contribution in [0.4, 0.5) is 4.39 Å². The molecule has 1 aromatic heterocycles. The van der Waals surface area contributed by atoms with Crippen molar-refractivity contribution in [3.8, 4) is 16.9 Å². The van der Waals surface area contributed by atoms with E-state index in [1.807, 2.05) is 47.9 Å². The van der Waals surface area contributed by atoms with Gasteiger partial charge in [-0.05, 0) is 75.5 Å². The number of carbonyl (C=O) groups excluding carboxylic acids is 1. The van der Waals surface area contributed by atoms with Gasteiger partial charge in [-0.1, -0.05) is 36.8 Å². The minimum atomic E-state index is -0.277. The largest absolute Gasteiger partial charge is 0.352 e. The van der Waals surface area contributed by atoms with Crippen molar-refractivity contribution in [2.75, 3.05) is 19.6 Å². The van der Waals surface area contributed by atoms with Crippen LogP contribution in [0.3, 0.4) is 0 Å². The van der Waals surface area contributed by atoms with Crippen molar-refractivity contribution in [2.45, 2.75) is 45.6 Å². The molecule has 5 heteroatoms. The summed E-state index contributed by atoms with van der Waals surface area (Å²) in [5.74, 6) is -0.340. The summed E-state index contributed by atoms with van der Waals surface area (Å²) in [6.45, 7) is 7.08. The summed E-state index contributed by atoms with van der Waals surface area (Å²) < 4.78 is 15.5. The van der Waals surface area contributed by atoms with Gasteiger partial charge in [-0.15, -0.1) is 0 Å². The molecule has 1 saturated heterocycles. The van der Waals surface area contributed by atoms with Crippen molar-refractivity contribution in [3.63, 3.8) is 0 Å². The lowest BCUT2D eigenvalue weighted by molar-refractivity contribution is 0.0948. The lowest BCUT2D eigenvalue weighted by Crippen LogP contribution is -2.39. The fourth-order valence-electron chi connectivity index (χ4n) is 4.65. The summed E-state index contributed by atoms with van der Waals surface area (Å²) in [5, 5.41) is 3.11. The van der Waals surface area contributed by atoms with Crippen LogP contribution < -0.4 is 5.32 Å². The Labute approximate surface area is 190 Å². The Balaban J connectivity index is 1.52. The van der Waals surface area contributed by atoms with Gasteiger partial charge < -0.3 is 14.8 Å². The van der Waals surface area contributed by atoms with Gasteiger partial charge in [-0.2, -0.15) is 0 Å². The van der Waals surface area contributed by atoms with E-state index in [0.29, 0.717) is 18.2 Å². The van der Waals surface area contributed by atoms with Crippen molar-refractivity contribution in [1.82, 2.24) is 14.8 Å². The monoisotopic (exact) mass is 433 g/mol. The minimum absolute atomic E-state index is 0.0627. The highest BCUT2D eigenvalue weighted by Crippen LogP contribution is 2.29. The number of hydrogen-bond donors (Lipinski definition) is 1. The van der Waals surface area contributed by atoms with Crippen LogP contribution in [0.1, 0.15) is 48.7 Å². The van der Waals surface area contributed by atoms with E-state index in [2.05, 4.69) is 17.1 Å². The second kappa shape index (κ2) is 10.1. The molecule has 2 heterocycles. The molecule has 0 radical (unpaired) electrons. The molecule has 3 aromatic rings. The third-order valence-electron chi connectivity index (χ3n) is 6.49. The number of benzene rings is 2. The highest BCUT2D eigenvalue weighted by molar-refractivity contribution is 5.97. The molecule has 1 atom stereocenters. The first-order chi connectivity index (χ1) is 15.5. The molecule has 1 N–H and O–H groups in total. The van der Waals surface area contributed by atoms with Crippen molar-refractivity contribution >= 4 is 5.91 Å². The zero-order chi connectivity index (χ0) is 22.5. The Hall–Kier alpha value is -2.92. The van der Waals surface area contributed by atoms with Gasteiger partial charge >= 0.3 is 0 Å². The number of carbonyl (C=O) groups is 1. The number of likely N-dealkylation sites (tertiary alicyclic amines) is 1. The summed E-state index contributed by atoms with van der Waals surface area (Å²) in [6.07, 6.45) is 4.81. The molecule has 0 aliphatic carbocycles. The molecule has 0 bridgehead atoms. The predicted molar refractivity (Wildman–Crippen MR) is 128 cm³/mol. The van der Waals surface area contributed by atoms with E-state index in [9.17, 15) is 9.18 Å². The molecule has 0 saturated carbocycles. The fraction of sp³-hybridized carbons (Fsp3) is 0.370. The number of hydrogen-bond acceptors (Lipinski definition) is 2. The quantitative estimate of drug-likeness (QED) is 0.494. The Morgan fingerprint density at radius 2 is 1.84 bits per heavy atom. The van der Waals surface area contributed by atoms with Crippen molar-refractivity contribution in [1.29, 1.82) is 0 Å². The Bertz CT molecular complexity index is 1040. The number of amides is 1. The molecular formula is C27H32FN3O. The normalized spacial score (nSPS) is 16.8. The Morgan fingerprint density at radius 3 is 2.56 bits per heavy atom. The van der Waals surface area contributed by atoms with Crippen LogP contribution in [0, 0.1) is 12.7 Å². The minimum Gasteiger partial charge on any atom is -0.352 e. The number of nitrogens with zero attached hydrogens (tertiary/aromatic N) is 2. The van der Waals surface area contributed by atoms with Gasteiger partial charge in [0.25, 0.3) is 5.91 Å². The van der Waals surface area contributed by atoms with Gasteiger partial charge in [0.2, 0.25) is 0 Å². The third-order valence-corrected chi connectivity index (χ3v) is 6.49. The zero-order valence-corrected chi connectivity index (χ0v) is 19.0. The zero-order valence-electron chi connectivity index (χ0n) is 19.0. The molecule has 1 amide bonds. The smallest absolute Gasteiger partial charge is 0.253 e. The van der Waals surface area contributed by atoms with Crippen LogP contribution in [0.5, 0.6) is 0 Å². The SMILES string of the molecule is Cc1c(C(=O)NCCCN2CCCCC2C)cc(-c2ccccc2)n1-c1ccc(F)cc1. The lowest BCUT2D eigenvalue weighted by Gasteiger charge is -2.33. The van der Waals surface area contributed by atoms with Crippen LogP contribution in [0.15, 0.2) is 60.7 Å². The van der Waals surface area contributed by atoms with E-state index >= 15 is 0 Å². The van der Waals surface area contributed by atoms with Crippen LogP contribution >= 0.6 is 0 Å². The molecule has 1 aliphatic rings. The second-order valence-corrected chi connectivity index (χ2v) is 8.70. The summed E-state index contributed by atoms with van der Waals surface area (Å²) in [6, 6.07) is 18.9. The fourth-order valence-corrected chi connectivity index (χ4v) is 4.65. The van der Waals surface area contributed by atoms with Gasteiger partial charge in [0.05, 0.1) is 11.3 Å². The average molecular weight is 434 g/mol. The predicted octanol–water partition coefficient (Wildman–Crippen LogP) is 5.59. The van der Waals surface area contributed by atoms with Gasteiger partial charge in [-0.3, -0.25) is 4.79 Å². The van der Waals surface area contributed by atoms with E-state index in [-0.39, 0.29) is 11.7 Å². The summed E-state index contributed by atoms with van der Waals surface area (Å²) in [4.78, 5) is 15.6. The maximum absolute atomic E-state index is 13.5. The molecule has 1 fully saturated rings. The molecule has 168 valence electrons. The third kappa shape index (κ3) is 4.94. The lowest BCUT2D eigenvalue weighted by atomic mass is 10.0. The van der Waals surface area contributed by atoms with Crippen LogP contribution in [-0.4, -0.2) is 41.1 Å². The maximum Gasteiger partial charge on any atom is 0.253 e. The average Bonchev–Trinajstić information content (AvgIpc) is 3.16. The van der Waals surface area contributed by atoms with Crippen LogP contribution in [0.2, 0.25) is 0 Å². The topological polar surface area (TPSA) is 37.3 Å². The first kappa shape index (κ1) is 22.3. The molecule has 2 aromatic carbocycles. The van der Waals surface area contributed by atoms with E-state index in [0.717, 1.165) is 42.1 Å².